The molecule has 16 heavy (non-hydrogen) atoms. The summed E-state index contributed by atoms with van der Waals surface area (Å²) in [7, 11) is 1.73. The molecular formula is C12H18N2O2. The molecule has 0 fully saturated rings. The van der Waals surface area contributed by atoms with E-state index in [1.54, 1.807) is 24.1 Å². The van der Waals surface area contributed by atoms with E-state index in [9.17, 15) is 9.90 Å². The highest BCUT2D eigenvalue weighted by molar-refractivity contribution is 5.97. The quantitative estimate of drug-likeness (QED) is 0.764. The van der Waals surface area contributed by atoms with Gasteiger partial charge < -0.3 is 15.7 Å². The van der Waals surface area contributed by atoms with Crippen LogP contribution in [0, 0.1) is 0 Å². The van der Waals surface area contributed by atoms with Crippen molar-refractivity contribution < 1.29 is 9.90 Å². The summed E-state index contributed by atoms with van der Waals surface area (Å²) >= 11 is 0. The van der Waals surface area contributed by atoms with Gasteiger partial charge in [0.1, 0.15) is 5.75 Å². The number of rotatable bonds is 4. The van der Waals surface area contributed by atoms with Gasteiger partial charge in [-0.2, -0.15) is 0 Å². The van der Waals surface area contributed by atoms with Gasteiger partial charge in [0.2, 0.25) is 0 Å². The third-order valence-corrected chi connectivity index (χ3v) is 2.45. The lowest BCUT2D eigenvalue weighted by Gasteiger charge is -2.17. The molecule has 1 aromatic carbocycles. The van der Waals surface area contributed by atoms with E-state index in [1.807, 2.05) is 0 Å². The summed E-state index contributed by atoms with van der Waals surface area (Å²) in [4.78, 5) is 13.5. The number of phenolic OH excluding ortho intramolecular Hbond substituents is 1. The first kappa shape index (κ1) is 12.4. The molecule has 1 rings (SSSR count). The standard InChI is InChI=1S/C12H18N2O2/c1-3-4-7-14(2)12(16)10-6-5-9(13)8-11(10)15/h5-6,8,15H,3-4,7,13H2,1-2H3. The van der Waals surface area contributed by atoms with Gasteiger partial charge in [-0.05, 0) is 18.6 Å². The molecule has 4 heteroatoms. The second-order valence-electron chi connectivity index (χ2n) is 3.86. The lowest BCUT2D eigenvalue weighted by atomic mass is 10.1. The summed E-state index contributed by atoms with van der Waals surface area (Å²) in [5.74, 6) is -0.237. The van der Waals surface area contributed by atoms with Gasteiger partial charge in [0.25, 0.3) is 5.91 Å². The van der Waals surface area contributed by atoms with Crippen molar-refractivity contribution in [1.29, 1.82) is 0 Å². The van der Waals surface area contributed by atoms with Gasteiger partial charge >= 0.3 is 0 Å². The summed E-state index contributed by atoms with van der Waals surface area (Å²) in [5, 5.41) is 9.61. The van der Waals surface area contributed by atoms with Crippen LogP contribution in [-0.4, -0.2) is 29.5 Å². The SMILES string of the molecule is CCCCN(C)C(=O)c1ccc(N)cc1O. The van der Waals surface area contributed by atoms with Crippen LogP contribution in [0.5, 0.6) is 5.75 Å². The first-order valence-corrected chi connectivity index (χ1v) is 5.40. The van der Waals surface area contributed by atoms with E-state index in [0.29, 0.717) is 17.8 Å². The van der Waals surface area contributed by atoms with Gasteiger partial charge in [-0.25, -0.2) is 0 Å². The minimum atomic E-state index is -0.175. The van der Waals surface area contributed by atoms with Crippen molar-refractivity contribution in [2.45, 2.75) is 19.8 Å². The van der Waals surface area contributed by atoms with Crippen molar-refractivity contribution in [1.82, 2.24) is 4.90 Å². The number of nitrogens with two attached hydrogens (primary N) is 1. The zero-order valence-corrected chi connectivity index (χ0v) is 9.73. The van der Waals surface area contributed by atoms with Crippen LogP contribution in [0.15, 0.2) is 18.2 Å². The Kier molecular flexibility index (Phi) is 4.17. The van der Waals surface area contributed by atoms with Crippen molar-refractivity contribution in [3.63, 3.8) is 0 Å². The largest absolute Gasteiger partial charge is 0.507 e. The molecule has 0 radical (unpaired) electrons. The Morgan fingerprint density at radius 3 is 2.75 bits per heavy atom. The predicted octanol–water partition coefficient (Wildman–Crippen LogP) is 1.85. The van der Waals surface area contributed by atoms with Crippen molar-refractivity contribution >= 4 is 11.6 Å². The van der Waals surface area contributed by atoms with E-state index in [4.69, 9.17) is 5.73 Å². The highest BCUT2D eigenvalue weighted by Crippen LogP contribution is 2.21. The molecule has 0 bridgehead atoms. The minimum absolute atomic E-state index is 0.0617. The van der Waals surface area contributed by atoms with Crippen molar-refractivity contribution in [2.24, 2.45) is 0 Å². The molecule has 0 heterocycles. The number of amides is 1. The molecule has 88 valence electrons. The average Bonchev–Trinajstić information content (AvgIpc) is 2.25. The summed E-state index contributed by atoms with van der Waals surface area (Å²) in [6.07, 6.45) is 1.99. The van der Waals surface area contributed by atoms with E-state index in [0.717, 1.165) is 12.8 Å². The number of carbonyl (C=O) groups excluding carboxylic acids is 1. The number of benzene rings is 1. The molecule has 0 aliphatic carbocycles. The van der Waals surface area contributed by atoms with Crippen LogP contribution in [0.1, 0.15) is 30.1 Å². The molecule has 0 spiro atoms. The maximum Gasteiger partial charge on any atom is 0.257 e. The third kappa shape index (κ3) is 2.89. The number of anilines is 1. The van der Waals surface area contributed by atoms with Crippen LogP contribution in [0.4, 0.5) is 5.69 Å². The Bertz CT molecular complexity index is 377. The molecule has 0 saturated carbocycles. The first-order chi connectivity index (χ1) is 7.56. The minimum Gasteiger partial charge on any atom is -0.507 e. The van der Waals surface area contributed by atoms with E-state index in [2.05, 4.69) is 6.92 Å². The summed E-state index contributed by atoms with van der Waals surface area (Å²) in [6, 6.07) is 4.55. The van der Waals surface area contributed by atoms with E-state index < -0.39 is 0 Å². The molecule has 0 unspecified atom stereocenters. The summed E-state index contributed by atoms with van der Waals surface area (Å²) < 4.78 is 0. The van der Waals surface area contributed by atoms with Gasteiger partial charge in [0, 0.05) is 25.3 Å². The predicted molar refractivity (Wildman–Crippen MR) is 64.4 cm³/mol. The number of hydrogen-bond acceptors (Lipinski definition) is 3. The molecular weight excluding hydrogens is 204 g/mol. The number of nitrogen functional groups attached to an aromatic ring is 1. The van der Waals surface area contributed by atoms with E-state index >= 15 is 0 Å². The normalized spacial score (nSPS) is 10.1. The Balaban J connectivity index is 2.79. The molecule has 0 aliphatic heterocycles. The van der Waals surface area contributed by atoms with Gasteiger partial charge in [0.05, 0.1) is 5.56 Å². The van der Waals surface area contributed by atoms with Gasteiger partial charge in [-0.15, -0.1) is 0 Å². The summed E-state index contributed by atoms with van der Waals surface area (Å²) in [5.41, 5.74) is 6.25. The second-order valence-corrected chi connectivity index (χ2v) is 3.86. The molecule has 0 atom stereocenters. The first-order valence-electron chi connectivity index (χ1n) is 5.40. The lowest BCUT2D eigenvalue weighted by molar-refractivity contribution is 0.0790. The fourth-order valence-corrected chi connectivity index (χ4v) is 1.43. The molecule has 4 nitrogen and oxygen atoms in total. The van der Waals surface area contributed by atoms with E-state index in [-0.39, 0.29) is 11.7 Å². The van der Waals surface area contributed by atoms with Gasteiger partial charge in [-0.3, -0.25) is 4.79 Å². The van der Waals surface area contributed by atoms with Crippen LogP contribution in [0.2, 0.25) is 0 Å². The maximum atomic E-state index is 11.9. The van der Waals surface area contributed by atoms with Gasteiger partial charge in [-0.1, -0.05) is 13.3 Å². The van der Waals surface area contributed by atoms with Crippen LogP contribution >= 0.6 is 0 Å². The third-order valence-electron chi connectivity index (χ3n) is 2.45. The molecule has 0 aromatic heterocycles. The maximum absolute atomic E-state index is 11.9. The van der Waals surface area contributed by atoms with Crippen molar-refractivity contribution in [3.8, 4) is 5.75 Å². The van der Waals surface area contributed by atoms with Crippen molar-refractivity contribution in [2.75, 3.05) is 19.3 Å². The number of carbonyl (C=O) groups is 1. The average molecular weight is 222 g/mol. The topological polar surface area (TPSA) is 66.6 Å². The highest BCUT2D eigenvalue weighted by atomic mass is 16.3. The monoisotopic (exact) mass is 222 g/mol. The molecule has 0 aliphatic rings. The molecule has 1 amide bonds. The number of hydrogen-bond donors (Lipinski definition) is 2. The van der Waals surface area contributed by atoms with E-state index in [1.165, 1.54) is 6.07 Å². The molecule has 3 N–H and O–H groups in total. The number of aromatic hydroxyl groups is 1. The zero-order valence-electron chi connectivity index (χ0n) is 9.73. The van der Waals surface area contributed by atoms with Crippen LogP contribution in [-0.2, 0) is 0 Å². The molecule has 1 aromatic rings. The Morgan fingerprint density at radius 2 is 2.19 bits per heavy atom. The van der Waals surface area contributed by atoms with Gasteiger partial charge in [0.15, 0.2) is 0 Å². The van der Waals surface area contributed by atoms with Crippen LogP contribution in [0.25, 0.3) is 0 Å². The lowest BCUT2D eigenvalue weighted by Crippen LogP contribution is -2.27. The van der Waals surface area contributed by atoms with Crippen LogP contribution in [0.3, 0.4) is 0 Å². The Labute approximate surface area is 95.7 Å². The fourth-order valence-electron chi connectivity index (χ4n) is 1.43. The Morgan fingerprint density at radius 1 is 1.50 bits per heavy atom. The number of phenols is 1. The summed E-state index contributed by atoms with van der Waals surface area (Å²) in [6.45, 7) is 2.76. The highest BCUT2D eigenvalue weighted by Gasteiger charge is 2.15. The van der Waals surface area contributed by atoms with Crippen molar-refractivity contribution in [3.05, 3.63) is 23.8 Å². The number of unbranched alkanes of at least 4 members (excludes halogenated alkanes) is 1. The van der Waals surface area contributed by atoms with Crippen LogP contribution < -0.4 is 5.73 Å². The zero-order chi connectivity index (χ0) is 12.1. The second kappa shape index (κ2) is 5.39. The fraction of sp³-hybridized carbons (Fsp3) is 0.417. The Hall–Kier alpha value is -1.71. The molecule has 0 saturated heterocycles. The number of nitrogens with zero attached hydrogens (tertiary/aromatic N) is 1. The smallest absolute Gasteiger partial charge is 0.257 e.